The number of hydrogen-bond donors (Lipinski definition) is 0. The van der Waals surface area contributed by atoms with Gasteiger partial charge in [-0.3, -0.25) is 4.79 Å². The quantitative estimate of drug-likeness (QED) is 0.562. The molecule has 0 unspecified atom stereocenters. The largest absolute Gasteiger partial charge is 0.337 e. The fourth-order valence-corrected chi connectivity index (χ4v) is 1.16. The van der Waals surface area contributed by atoms with E-state index in [0.29, 0.717) is 0 Å². The highest BCUT2D eigenvalue weighted by atomic mass is 16.2. The molecule has 0 bridgehead atoms. The van der Waals surface area contributed by atoms with Gasteiger partial charge in [0.05, 0.1) is 12.6 Å². The second kappa shape index (κ2) is 3.97. The molecule has 1 fully saturated rings. The maximum absolute atomic E-state index is 11.1. The van der Waals surface area contributed by atoms with E-state index in [4.69, 9.17) is 5.26 Å². The van der Waals surface area contributed by atoms with Gasteiger partial charge in [0.15, 0.2) is 0 Å². The van der Waals surface area contributed by atoms with Crippen LogP contribution in [-0.2, 0) is 4.79 Å². The normalized spacial score (nSPS) is 17.5. The van der Waals surface area contributed by atoms with Crippen LogP contribution in [0.15, 0.2) is 0 Å². The molecule has 0 atom stereocenters. The fraction of sp³-hybridized carbons (Fsp3) is 0.625. The van der Waals surface area contributed by atoms with Crippen molar-refractivity contribution in [3.63, 3.8) is 0 Å². The van der Waals surface area contributed by atoms with Crippen molar-refractivity contribution in [1.82, 2.24) is 4.90 Å². The average Bonchev–Trinajstić information content (AvgIpc) is 2.07. The maximum atomic E-state index is 11.1. The van der Waals surface area contributed by atoms with Crippen LogP contribution in [0.5, 0.6) is 0 Å². The molecule has 1 rings (SSSR count). The predicted molar refractivity (Wildman–Crippen MR) is 40.1 cm³/mol. The van der Waals surface area contributed by atoms with E-state index in [2.05, 4.69) is 0 Å². The fourth-order valence-electron chi connectivity index (χ4n) is 1.16. The van der Waals surface area contributed by atoms with Crippen molar-refractivity contribution in [1.29, 1.82) is 5.26 Å². The van der Waals surface area contributed by atoms with Gasteiger partial charge in [0.1, 0.15) is 6.42 Å². The van der Waals surface area contributed by atoms with Gasteiger partial charge in [-0.25, -0.2) is 0 Å². The molecular weight excluding hydrogens is 140 g/mol. The SMILES string of the molecule is N#CCC(=O)N1[CH]CCCC1. The van der Waals surface area contributed by atoms with Gasteiger partial charge in [0.2, 0.25) is 5.91 Å². The minimum atomic E-state index is -0.0628. The Balaban J connectivity index is 2.34. The number of rotatable bonds is 1. The zero-order valence-electron chi connectivity index (χ0n) is 6.42. The lowest BCUT2D eigenvalue weighted by Crippen LogP contribution is -2.31. The molecule has 0 N–H and O–H groups in total. The molecule has 1 heterocycles. The van der Waals surface area contributed by atoms with E-state index in [1.807, 2.05) is 12.6 Å². The summed E-state index contributed by atoms with van der Waals surface area (Å²) in [4.78, 5) is 12.7. The highest BCUT2D eigenvalue weighted by molar-refractivity contribution is 5.78. The van der Waals surface area contributed by atoms with Crippen molar-refractivity contribution in [2.45, 2.75) is 25.7 Å². The number of hydrogen-bond acceptors (Lipinski definition) is 2. The van der Waals surface area contributed by atoms with Crippen LogP contribution in [0.2, 0.25) is 0 Å². The monoisotopic (exact) mass is 151 g/mol. The van der Waals surface area contributed by atoms with Gasteiger partial charge < -0.3 is 4.90 Å². The Labute approximate surface area is 66.6 Å². The summed E-state index contributed by atoms with van der Waals surface area (Å²) in [5.41, 5.74) is 0. The lowest BCUT2D eigenvalue weighted by atomic mass is 10.1. The van der Waals surface area contributed by atoms with Crippen LogP contribution in [0, 0.1) is 17.9 Å². The molecule has 0 aliphatic carbocycles. The molecular formula is C8H11N2O. The maximum Gasteiger partial charge on any atom is 0.237 e. The Kier molecular flexibility index (Phi) is 2.91. The summed E-state index contributed by atoms with van der Waals surface area (Å²) in [6.45, 7) is 2.68. The minimum absolute atomic E-state index is 0.0104. The van der Waals surface area contributed by atoms with E-state index in [1.54, 1.807) is 4.90 Å². The van der Waals surface area contributed by atoms with E-state index in [1.165, 1.54) is 0 Å². The van der Waals surface area contributed by atoms with Crippen LogP contribution in [0.1, 0.15) is 25.7 Å². The standard InChI is InChI=1S/C8H11N2O/c9-5-4-8(11)10-6-2-1-3-7-10/h6H,1-4,7H2. The lowest BCUT2D eigenvalue weighted by Gasteiger charge is -2.24. The predicted octanol–water partition coefficient (Wildman–Crippen LogP) is 1.07. The van der Waals surface area contributed by atoms with E-state index in [9.17, 15) is 4.79 Å². The number of piperidine rings is 1. The van der Waals surface area contributed by atoms with Crippen molar-refractivity contribution in [3.05, 3.63) is 6.54 Å². The van der Waals surface area contributed by atoms with Gasteiger partial charge in [-0.1, -0.05) is 0 Å². The number of nitriles is 1. The molecule has 0 aromatic rings. The van der Waals surface area contributed by atoms with E-state index < -0.39 is 0 Å². The smallest absolute Gasteiger partial charge is 0.237 e. The van der Waals surface area contributed by atoms with Crippen molar-refractivity contribution in [2.75, 3.05) is 6.54 Å². The van der Waals surface area contributed by atoms with Crippen LogP contribution in [-0.4, -0.2) is 17.4 Å². The molecule has 0 saturated carbocycles. The van der Waals surface area contributed by atoms with Crippen molar-refractivity contribution in [3.8, 4) is 6.07 Å². The molecule has 11 heavy (non-hydrogen) atoms. The Bertz CT molecular complexity index is 177. The van der Waals surface area contributed by atoms with Crippen molar-refractivity contribution in [2.24, 2.45) is 0 Å². The number of carbonyl (C=O) groups excluding carboxylic acids is 1. The third kappa shape index (κ3) is 2.23. The molecule has 0 aromatic carbocycles. The van der Waals surface area contributed by atoms with Crippen LogP contribution in [0.4, 0.5) is 0 Å². The highest BCUT2D eigenvalue weighted by Crippen LogP contribution is 2.13. The topological polar surface area (TPSA) is 44.1 Å². The first-order valence-corrected chi connectivity index (χ1v) is 3.84. The second-order valence-electron chi connectivity index (χ2n) is 2.60. The molecule has 1 amide bonds. The summed E-state index contributed by atoms with van der Waals surface area (Å²) in [5.74, 6) is -0.0628. The van der Waals surface area contributed by atoms with E-state index in [-0.39, 0.29) is 12.3 Å². The lowest BCUT2D eigenvalue weighted by molar-refractivity contribution is -0.129. The summed E-state index contributed by atoms with van der Waals surface area (Å²) < 4.78 is 0. The minimum Gasteiger partial charge on any atom is -0.337 e. The molecule has 1 saturated heterocycles. The van der Waals surface area contributed by atoms with Gasteiger partial charge in [-0.2, -0.15) is 5.26 Å². The van der Waals surface area contributed by atoms with Gasteiger partial charge in [0.25, 0.3) is 0 Å². The van der Waals surface area contributed by atoms with Gasteiger partial charge in [0, 0.05) is 6.54 Å². The summed E-state index contributed by atoms with van der Waals surface area (Å²) in [6, 6.07) is 1.85. The zero-order valence-corrected chi connectivity index (χ0v) is 6.42. The number of carbonyl (C=O) groups is 1. The third-order valence-corrected chi connectivity index (χ3v) is 1.75. The van der Waals surface area contributed by atoms with Crippen molar-refractivity contribution < 1.29 is 4.79 Å². The number of amides is 1. The Morgan fingerprint density at radius 3 is 3.00 bits per heavy atom. The molecule has 0 aromatic heterocycles. The van der Waals surface area contributed by atoms with E-state index >= 15 is 0 Å². The first kappa shape index (κ1) is 8.06. The highest BCUT2D eigenvalue weighted by Gasteiger charge is 2.15. The van der Waals surface area contributed by atoms with Gasteiger partial charge in [-0.15, -0.1) is 0 Å². The Morgan fingerprint density at radius 1 is 1.64 bits per heavy atom. The Hall–Kier alpha value is -1.04. The molecule has 1 aliphatic rings. The first-order chi connectivity index (χ1) is 5.34. The van der Waals surface area contributed by atoms with Crippen molar-refractivity contribution >= 4 is 5.91 Å². The van der Waals surface area contributed by atoms with Crippen LogP contribution < -0.4 is 0 Å². The molecule has 3 nitrogen and oxygen atoms in total. The summed E-state index contributed by atoms with van der Waals surface area (Å²) in [7, 11) is 0. The first-order valence-electron chi connectivity index (χ1n) is 3.84. The summed E-state index contributed by atoms with van der Waals surface area (Å²) >= 11 is 0. The number of likely N-dealkylation sites (tertiary alicyclic amines) is 1. The number of nitrogens with zero attached hydrogens (tertiary/aromatic N) is 2. The molecule has 3 heteroatoms. The van der Waals surface area contributed by atoms with Gasteiger partial charge in [-0.05, 0) is 19.3 Å². The molecule has 1 aliphatic heterocycles. The average molecular weight is 151 g/mol. The Morgan fingerprint density at radius 2 is 2.45 bits per heavy atom. The molecule has 0 spiro atoms. The summed E-state index contributed by atoms with van der Waals surface area (Å²) in [5, 5.41) is 8.26. The van der Waals surface area contributed by atoms with Crippen LogP contribution >= 0.6 is 0 Å². The molecule has 1 radical (unpaired) electrons. The molecule has 59 valence electrons. The zero-order chi connectivity index (χ0) is 8.10. The van der Waals surface area contributed by atoms with Crippen LogP contribution in [0.25, 0.3) is 0 Å². The summed E-state index contributed by atoms with van der Waals surface area (Å²) in [6.07, 6.45) is 3.21. The third-order valence-electron chi connectivity index (χ3n) is 1.75. The van der Waals surface area contributed by atoms with E-state index in [0.717, 1.165) is 25.8 Å². The second-order valence-corrected chi connectivity index (χ2v) is 2.60. The van der Waals surface area contributed by atoms with Gasteiger partial charge >= 0.3 is 0 Å². The van der Waals surface area contributed by atoms with Crippen LogP contribution in [0.3, 0.4) is 0 Å².